The number of halogens is 3. The first-order valence-electron chi connectivity index (χ1n) is 6.28. The molecule has 0 aliphatic carbocycles. The van der Waals surface area contributed by atoms with Crippen molar-refractivity contribution in [1.29, 1.82) is 0 Å². The average Bonchev–Trinajstić information content (AvgIpc) is 2.52. The lowest BCUT2D eigenvalue weighted by Gasteiger charge is -2.09. The van der Waals surface area contributed by atoms with Crippen LogP contribution >= 0.6 is 0 Å². The summed E-state index contributed by atoms with van der Waals surface area (Å²) in [6.07, 6.45) is 0.533. The van der Waals surface area contributed by atoms with Crippen molar-refractivity contribution in [2.45, 2.75) is 6.18 Å². The highest BCUT2D eigenvalue weighted by molar-refractivity contribution is 5.91. The number of alkyl halides is 3. The maximum Gasteiger partial charge on any atom is 0.417 e. The van der Waals surface area contributed by atoms with Crippen molar-refractivity contribution in [2.75, 3.05) is 18.4 Å². The first-order valence-corrected chi connectivity index (χ1v) is 6.28. The number of nitrogens with one attached hydrogen (secondary N) is 2. The number of carbonyl (C=O) groups is 1. The van der Waals surface area contributed by atoms with Crippen LogP contribution in [0.2, 0.25) is 0 Å². The molecule has 0 bridgehead atoms. The molecule has 0 unspecified atom stereocenters. The number of rotatable bonds is 5. The minimum absolute atomic E-state index is 0.190. The molecule has 9 heteroatoms. The molecule has 2 aromatic rings. The predicted molar refractivity (Wildman–Crippen MR) is 72.1 cm³/mol. The second-order valence-electron chi connectivity index (χ2n) is 4.20. The molecule has 22 heavy (non-hydrogen) atoms. The van der Waals surface area contributed by atoms with Crippen LogP contribution in [0.1, 0.15) is 16.1 Å². The molecule has 0 spiro atoms. The summed E-state index contributed by atoms with van der Waals surface area (Å²) in [5.74, 6) is -0.0861. The SMILES string of the molecule is O=C(NCCNc1ccc(C(F)(F)F)cn1)c1cnccn1. The number of nitrogens with zero attached hydrogens (tertiary/aromatic N) is 3. The second kappa shape index (κ2) is 6.83. The van der Waals surface area contributed by atoms with E-state index in [1.165, 1.54) is 24.7 Å². The highest BCUT2D eigenvalue weighted by Crippen LogP contribution is 2.28. The van der Waals surface area contributed by atoms with E-state index in [9.17, 15) is 18.0 Å². The fourth-order valence-corrected chi connectivity index (χ4v) is 1.54. The van der Waals surface area contributed by atoms with Gasteiger partial charge < -0.3 is 10.6 Å². The molecule has 2 rings (SSSR count). The van der Waals surface area contributed by atoms with Crippen LogP contribution in [0.5, 0.6) is 0 Å². The highest BCUT2D eigenvalue weighted by atomic mass is 19.4. The third-order valence-corrected chi connectivity index (χ3v) is 2.60. The van der Waals surface area contributed by atoms with E-state index in [1.54, 1.807) is 0 Å². The first-order chi connectivity index (χ1) is 10.5. The number of aromatic nitrogens is 3. The molecule has 2 heterocycles. The van der Waals surface area contributed by atoms with Gasteiger partial charge in [0.15, 0.2) is 0 Å². The highest BCUT2D eigenvalue weighted by Gasteiger charge is 2.30. The van der Waals surface area contributed by atoms with E-state index in [1.807, 2.05) is 0 Å². The molecule has 6 nitrogen and oxygen atoms in total. The van der Waals surface area contributed by atoms with Gasteiger partial charge in [-0.05, 0) is 12.1 Å². The van der Waals surface area contributed by atoms with Gasteiger partial charge in [-0.3, -0.25) is 9.78 Å². The predicted octanol–water partition coefficient (Wildman–Crippen LogP) is 1.73. The van der Waals surface area contributed by atoms with Crippen LogP contribution in [0, 0.1) is 0 Å². The lowest BCUT2D eigenvalue weighted by molar-refractivity contribution is -0.137. The Morgan fingerprint density at radius 3 is 2.50 bits per heavy atom. The summed E-state index contributed by atoms with van der Waals surface area (Å²) in [5, 5.41) is 5.39. The lowest BCUT2D eigenvalue weighted by Crippen LogP contribution is -2.29. The van der Waals surface area contributed by atoms with E-state index in [0.29, 0.717) is 12.4 Å². The Morgan fingerprint density at radius 2 is 1.91 bits per heavy atom. The number of carbonyl (C=O) groups excluding carboxylic acids is 1. The van der Waals surface area contributed by atoms with E-state index in [2.05, 4.69) is 25.6 Å². The fourth-order valence-electron chi connectivity index (χ4n) is 1.54. The topological polar surface area (TPSA) is 79.8 Å². The van der Waals surface area contributed by atoms with E-state index < -0.39 is 11.7 Å². The molecule has 1 amide bonds. The van der Waals surface area contributed by atoms with E-state index in [-0.39, 0.29) is 18.1 Å². The van der Waals surface area contributed by atoms with Gasteiger partial charge in [-0.1, -0.05) is 0 Å². The van der Waals surface area contributed by atoms with Crippen LogP contribution in [0.3, 0.4) is 0 Å². The average molecular weight is 311 g/mol. The van der Waals surface area contributed by atoms with Gasteiger partial charge in [0.1, 0.15) is 11.5 Å². The molecule has 2 aromatic heterocycles. The minimum atomic E-state index is -4.41. The summed E-state index contributed by atoms with van der Waals surface area (Å²) >= 11 is 0. The van der Waals surface area contributed by atoms with Crippen LogP contribution in [-0.4, -0.2) is 33.9 Å². The Labute approximate surface area is 123 Å². The number of anilines is 1. The van der Waals surface area contributed by atoms with Crippen LogP contribution < -0.4 is 10.6 Å². The van der Waals surface area contributed by atoms with E-state index in [4.69, 9.17) is 0 Å². The van der Waals surface area contributed by atoms with Crippen molar-refractivity contribution < 1.29 is 18.0 Å². The summed E-state index contributed by atoms with van der Waals surface area (Å²) in [5.41, 5.74) is -0.621. The summed E-state index contributed by atoms with van der Waals surface area (Å²) < 4.78 is 37.1. The van der Waals surface area contributed by atoms with Gasteiger partial charge in [-0.25, -0.2) is 9.97 Å². The van der Waals surface area contributed by atoms with Crippen molar-refractivity contribution in [2.24, 2.45) is 0 Å². The Hall–Kier alpha value is -2.71. The zero-order valence-corrected chi connectivity index (χ0v) is 11.3. The van der Waals surface area contributed by atoms with Gasteiger partial charge in [-0.2, -0.15) is 13.2 Å². The van der Waals surface area contributed by atoms with E-state index in [0.717, 1.165) is 12.3 Å². The third-order valence-electron chi connectivity index (χ3n) is 2.60. The van der Waals surface area contributed by atoms with Gasteiger partial charge in [0, 0.05) is 31.7 Å². The first kappa shape index (κ1) is 15.7. The molecule has 0 radical (unpaired) electrons. The Balaban J connectivity index is 1.76. The van der Waals surface area contributed by atoms with Crippen molar-refractivity contribution in [3.63, 3.8) is 0 Å². The van der Waals surface area contributed by atoms with Crippen molar-refractivity contribution in [3.05, 3.63) is 48.2 Å². The molecule has 0 aliphatic heterocycles. The summed E-state index contributed by atoms with van der Waals surface area (Å²) in [6.45, 7) is 0.572. The van der Waals surface area contributed by atoms with Gasteiger partial charge in [0.05, 0.1) is 11.8 Å². The summed E-state index contributed by atoms with van der Waals surface area (Å²) in [4.78, 5) is 22.9. The van der Waals surface area contributed by atoms with Crippen LogP contribution in [-0.2, 0) is 6.18 Å². The molecule has 0 saturated carbocycles. The van der Waals surface area contributed by atoms with Gasteiger partial charge in [0.25, 0.3) is 5.91 Å². The molecule has 0 aliphatic rings. The van der Waals surface area contributed by atoms with Gasteiger partial charge >= 0.3 is 6.18 Å². The molecule has 0 aromatic carbocycles. The van der Waals surface area contributed by atoms with Crippen LogP contribution in [0.4, 0.5) is 19.0 Å². The number of pyridine rings is 1. The molecule has 0 saturated heterocycles. The molecule has 116 valence electrons. The number of amides is 1. The Morgan fingerprint density at radius 1 is 1.09 bits per heavy atom. The lowest BCUT2D eigenvalue weighted by atomic mass is 10.3. The molecule has 0 atom stereocenters. The van der Waals surface area contributed by atoms with Gasteiger partial charge in [-0.15, -0.1) is 0 Å². The Bertz CT molecular complexity index is 616. The van der Waals surface area contributed by atoms with Crippen molar-refractivity contribution in [3.8, 4) is 0 Å². The van der Waals surface area contributed by atoms with Gasteiger partial charge in [0.2, 0.25) is 0 Å². The number of hydrogen-bond acceptors (Lipinski definition) is 5. The van der Waals surface area contributed by atoms with Crippen molar-refractivity contribution in [1.82, 2.24) is 20.3 Å². The molecular formula is C13H12F3N5O. The van der Waals surface area contributed by atoms with Crippen LogP contribution in [0.25, 0.3) is 0 Å². The largest absolute Gasteiger partial charge is 0.417 e. The smallest absolute Gasteiger partial charge is 0.368 e. The standard InChI is InChI=1S/C13H12F3N5O/c14-13(15,16)9-1-2-11(21-7-9)19-5-6-20-12(22)10-8-17-3-4-18-10/h1-4,7-8H,5-6H2,(H,19,21)(H,20,22). The summed E-state index contributed by atoms with van der Waals surface area (Å²) in [7, 11) is 0. The third kappa shape index (κ3) is 4.40. The molecule has 0 fully saturated rings. The zero-order valence-electron chi connectivity index (χ0n) is 11.3. The maximum absolute atomic E-state index is 12.4. The molecule has 2 N–H and O–H groups in total. The zero-order chi connectivity index (χ0) is 16.0. The quantitative estimate of drug-likeness (QED) is 0.822. The second-order valence-corrected chi connectivity index (χ2v) is 4.20. The maximum atomic E-state index is 12.4. The van der Waals surface area contributed by atoms with Crippen molar-refractivity contribution >= 4 is 11.7 Å². The van der Waals surface area contributed by atoms with Crippen LogP contribution in [0.15, 0.2) is 36.9 Å². The minimum Gasteiger partial charge on any atom is -0.368 e. The molecular weight excluding hydrogens is 299 g/mol. The Kier molecular flexibility index (Phi) is 4.87. The number of hydrogen-bond donors (Lipinski definition) is 2. The normalized spacial score (nSPS) is 11.0. The fraction of sp³-hybridized carbons (Fsp3) is 0.231. The summed E-state index contributed by atoms with van der Waals surface area (Å²) in [6, 6.07) is 2.17. The monoisotopic (exact) mass is 311 g/mol. The van der Waals surface area contributed by atoms with E-state index >= 15 is 0 Å².